The Balaban J connectivity index is 1.40. The van der Waals surface area contributed by atoms with Crippen molar-refractivity contribution in [2.45, 2.75) is 32.2 Å². The standard InChI is InChI=1S/C36H36FN3O2/c1-2-22-40(36(42)35(28-11-5-3-6-12-28)29-13-7-4-8-14-29)26-34(41)39(25-27-17-19-31(37)20-18-27)23-21-30-24-38-33-16-10-9-15-32(30)33/h3-20,24,35,38H,2,21-23,25-26H2,1H3. The van der Waals surface area contributed by atoms with Gasteiger partial charge in [-0.15, -0.1) is 0 Å². The van der Waals surface area contributed by atoms with Gasteiger partial charge in [-0.25, -0.2) is 4.39 Å². The Morgan fingerprint density at radius 2 is 1.38 bits per heavy atom. The summed E-state index contributed by atoms with van der Waals surface area (Å²) in [5.74, 6) is -1.06. The molecule has 214 valence electrons. The average molecular weight is 562 g/mol. The minimum atomic E-state index is -0.511. The fourth-order valence-corrected chi connectivity index (χ4v) is 5.45. The molecule has 6 heteroatoms. The second-order valence-corrected chi connectivity index (χ2v) is 10.6. The van der Waals surface area contributed by atoms with Crippen molar-refractivity contribution < 1.29 is 14.0 Å². The van der Waals surface area contributed by atoms with Crippen LogP contribution < -0.4 is 0 Å². The second-order valence-electron chi connectivity index (χ2n) is 10.6. The number of benzene rings is 4. The number of nitrogens with zero attached hydrogens (tertiary/aromatic N) is 2. The highest BCUT2D eigenvalue weighted by molar-refractivity contribution is 5.91. The van der Waals surface area contributed by atoms with Crippen LogP contribution in [0.5, 0.6) is 0 Å². The van der Waals surface area contributed by atoms with Crippen molar-refractivity contribution in [1.29, 1.82) is 0 Å². The maximum absolute atomic E-state index is 14.2. The molecule has 0 unspecified atom stereocenters. The minimum Gasteiger partial charge on any atom is -0.361 e. The lowest BCUT2D eigenvalue weighted by molar-refractivity contribution is -0.141. The average Bonchev–Trinajstić information content (AvgIpc) is 3.44. The van der Waals surface area contributed by atoms with E-state index in [1.807, 2.05) is 92.0 Å². The Hall–Kier alpha value is -4.71. The minimum absolute atomic E-state index is 0.0298. The summed E-state index contributed by atoms with van der Waals surface area (Å²) in [5, 5.41) is 1.13. The molecule has 0 radical (unpaired) electrons. The van der Waals surface area contributed by atoms with Crippen LogP contribution in [0.2, 0.25) is 0 Å². The molecule has 2 amide bonds. The van der Waals surface area contributed by atoms with Gasteiger partial charge in [0.1, 0.15) is 5.82 Å². The number of para-hydroxylation sites is 1. The van der Waals surface area contributed by atoms with Gasteiger partial charge in [-0.3, -0.25) is 9.59 Å². The predicted octanol–water partition coefficient (Wildman–Crippen LogP) is 6.95. The highest BCUT2D eigenvalue weighted by atomic mass is 19.1. The quantitative estimate of drug-likeness (QED) is 0.179. The van der Waals surface area contributed by atoms with Crippen LogP contribution in [0.15, 0.2) is 115 Å². The van der Waals surface area contributed by atoms with Gasteiger partial charge in [0.25, 0.3) is 0 Å². The van der Waals surface area contributed by atoms with Gasteiger partial charge in [0.15, 0.2) is 0 Å². The molecule has 0 saturated carbocycles. The Morgan fingerprint density at radius 1 is 0.762 bits per heavy atom. The van der Waals surface area contributed by atoms with E-state index in [0.29, 0.717) is 26.1 Å². The van der Waals surface area contributed by atoms with Gasteiger partial charge in [0.05, 0.1) is 12.5 Å². The molecule has 0 aliphatic carbocycles. The highest BCUT2D eigenvalue weighted by Crippen LogP contribution is 2.27. The van der Waals surface area contributed by atoms with Crippen molar-refractivity contribution in [2.75, 3.05) is 19.6 Å². The van der Waals surface area contributed by atoms with Crippen LogP contribution in [0.1, 0.15) is 41.5 Å². The van der Waals surface area contributed by atoms with Gasteiger partial charge in [-0.05, 0) is 53.3 Å². The molecule has 0 atom stereocenters. The molecular weight excluding hydrogens is 525 g/mol. The van der Waals surface area contributed by atoms with Crippen LogP contribution >= 0.6 is 0 Å². The Morgan fingerprint density at radius 3 is 2.02 bits per heavy atom. The normalized spacial score (nSPS) is 11.1. The molecular formula is C36H36FN3O2. The summed E-state index contributed by atoms with van der Waals surface area (Å²) in [5.41, 5.74) is 4.80. The van der Waals surface area contributed by atoms with E-state index in [0.717, 1.165) is 39.6 Å². The number of rotatable bonds is 12. The molecule has 1 N–H and O–H groups in total. The molecule has 0 fully saturated rings. The van der Waals surface area contributed by atoms with E-state index in [9.17, 15) is 14.0 Å². The number of aromatic nitrogens is 1. The lowest BCUT2D eigenvalue weighted by Crippen LogP contribution is -2.45. The predicted molar refractivity (Wildman–Crippen MR) is 165 cm³/mol. The molecule has 4 aromatic carbocycles. The Kier molecular flexibility index (Phi) is 9.44. The third-order valence-corrected chi connectivity index (χ3v) is 7.61. The summed E-state index contributed by atoms with van der Waals surface area (Å²) in [6, 6.07) is 33.8. The van der Waals surface area contributed by atoms with Crippen molar-refractivity contribution >= 4 is 22.7 Å². The molecule has 0 aliphatic rings. The van der Waals surface area contributed by atoms with E-state index in [4.69, 9.17) is 0 Å². The first kappa shape index (κ1) is 28.8. The number of fused-ring (bicyclic) bond motifs is 1. The SMILES string of the molecule is CCCN(CC(=O)N(CCc1c[nH]c2ccccc12)Cc1ccc(F)cc1)C(=O)C(c1ccccc1)c1ccccc1. The first-order valence-corrected chi connectivity index (χ1v) is 14.5. The molecule has 5 nitrogen and oxygen atoms in total. The molecule has 42 heavy (non-hydrogen) atoms. The number of H-pyrrole nitrogens is 1. The third kappa shape index (κ3) is 6.95. The fraction of sp³-hybridized carbons (Fsp3) is 0.222. The molecule has 0 bridgehead atoms. The topological polar surface area (TPSA) is 56.4 Å². The smallest absolute Gasteiger partial charge is 0.242 e. The van der Waals surface area contributed by atoms with Gasteiger partial charge in [-0.1, -0.05) is 97.9 Å². The van der Waals surface area contributed by atoms with E-state index in [1.165, 1.54) is 12.1 Å². The monoisotopic (exact) mass is 561 g/mol. The number of hydrogen-bond acceptors (Lipinski definition) is 2. The number of aromatic amines is 1. The summed E-state index contributed by atoms with van der Waals surface area (Å²) in [6.45, 7) is 3.24. The zero-order chi connectivity index (χ0) is 29.3. The van der Waals surface area contributed by atoms with Crippen LogP contribution in [-0.4, -0.2) is 46.2 Å². The Bertz CT molecular complexity index is 1560. The van der Waals surface area contributed by atoms with Gasteiger partial charge in [-0.2, -0.15) is 0 Å². The van der Waals surface area contributed by atoms with Crippen molar-refractivity contribution in [1.82, 2.24) is 14.8 Å². The lowest BCUT2D eigenvalue weighted by Gasteiger charge is -2.30. The van der Waals surface area contributed by atoms with Gasteiger partial charge >= 0.3 is 0 Å². The zero-order valence-corrected chi connectivity index (χ0v) is 23.9. The van der Waals surface area contributed by atoms with Crippen molar-refractivity contribution in [3.63, 3.8) is 0 Å². The number of carbonyl (C=O) groups excluding carboxylic acids is 2. The van der Waals surface area contributed by atoms with Crippen molar-refractivity contribution in [3.8, 4) is 0 Å². The summed E-state index contributed by atoms with van der Waals surface area (Å²) in [6.07, 6.45) is 3.36. The van der Waals surface area contributed by atoms with Gasteiger partial charge < -0.3 is 14.8 Å². The molecule has 0 aliphatic heterocycles. The van der Waals surface area contributed by atoms with Crippen LogP contribution in [0, 0.1) is 5.82 Å². The van der Waals surface area contributed by atoms with Crippen molar-refractivity contribution in [2.24, 2.45) is 0 Å². The third-order valence-electron chi connectivity index (χ3n) is 7.61. The number of carbonyl (C=O) groups is 2. The highest BCUT2D eigenvalue weighted by Gasteiger charge is 2.29. The maximum atomic E-state index is 14.2. The summed E-state index contributed by atoms with van der Waals surface area (Å²) >= 11 is 0. The summed E-state index contributed by atoms with van der Waals surface area (Å²) < 4.78 is 13.6. The zero-order valence-electron chi connectivity index (χ0n) is 23.9. The number of halogens is 1. The van der Waals surface area contributed by atoms with Crippen molar-refractivity contribution in [3.05, 3.63) is 143 Å². The number of hydrogen-bond donors (Lipinski definition) is 1. The van der Waals surface area contributed by atoms with Crippen LogP contribution in [0.4, 0.5) is 4.39 Å². The second kappa shape index (κ2) is 13.8. The number of amides is 2. The fourth-order valence-electron chi connectivity index (χ4n) is 5.45. The van der Waals surface area contributed by atoms with Crippen LogP contribution in [0.25, 0.3) is 10.9 Å². The van der Waals surface area contributed by atoms with E-state index in [1.54, 1.807) is 21.9 Å². The molecule has 5 rings (SSSR count). The van der Waals surface area contributed by atoms with Gasteiger partial charge in [0.2, 0.25) is 11.8 Å². The molecule has 1 aromatic heterocycles. The first-order valence-electron chi connectivity index (χ1n) is 14.5. The molecule has 5 aromatic rings. The molecule has 0 spiro atoms. The summed E-state index contributed by atoms with van der Waals surface area (Å²) in [4.78, 5) is 34.9. The maximum Gasteiger partial charge on any atom is 0.242 e. The van der Waals surface area contributed by atoms with Gasteiger partial charge in [0, 0.05) is 36.7 Å². The molecule has 1 heterocycles. The number of nitrogens with one attached hydrogen (secondary N) is 1. The largest absolute Gasteiger partial charge is 0.361 e. The van der Waals surface area contributed by atoms with E-state index < -0.39 is 5.92 Å². The molecule has 0 saturated heterocycles. The van der Waals surface area contributed by atoms with E-state index in [-0.39, 0.29) is 24.2 Å². The van der Waals surface area contributed by atoms with Crippen LogP contribution in [-0.2, 0) is 22.6 Å². The van der Waals surface area contributed by atoms with E-state index >= 15 is 0 Å². The van der Waals surface area contributed by atoms with Crippen LogP contribution in [0.3, 0.4) is 0 Å². The van der Waals surface area contributed by atoms with E-state index in [2.05, 4.69) is 11.1 Å². The lowest BCUT2D eigenvalue weighted by atomic mass is 9.90. The Labute approximate surface area is 246 Å². The first-order chi connectivity index (χ1) is 20.5. The summed E-state index contributed by atoms with van der Waals surface area (Å²) in [7, 11) is 0.